The van der Waals surface area contributed by atoms with Crippen molar-refractivity contribution in [1.82, 2.24) is 17.9 Å². The molecule has 0 aliphatic carbocycles. The number of nitrogens with one attached hydrogen (secondary N) is 1. The Morgan fingerprint density at radius 2 is 1.44 bits per heavy atom. The summed E-state index contributed by atoms with van der Waals surface area (Å²) in [5.41, 5.74) is 0. The molecule has 1 unspecified atom stereocenters. The van der Waals surface area contributed by atoms with Crippen LogP contribution in [0.2, 0.25) is 0 Å². The summed E-state index contributed by atoms with van der Waals surface area (Å²) >= 11 is -0.819. The summed E-state index contributed by atoms with van der Waals surface area (Å²) in [4.78, 5) is 2.27. The molecule has 0 heterocycles. The van der Waals surface area contributed by atoms with Gasteiger partial charge in [0, 0.05) is 0 Å². The van der Waals surface area contributed by atoms with Crippen LogP contribution in [-0.2, 0) is 0 Å². The second kappa shape index (κ2) is 7.66. The minimum atomic E-state index is -0.819. The van der Waals surface area contributed by atoms with E-state index in [-0.39, 0.29) is 0 Å². The molecule has 4 nitrogen and oxygen atoms in total. The van der Waals surface area contributed by atoms with Crippen LogP contribution in [0.15, 0.2) is 0 Å². The van der Waals surface area contributed by atoms with Crippen LogP contribution >= 0.6 is 0 Å². The fourth-order valence-corrected chi connectivity index (χ4v) is 4.98. The predicted molar refractivity (Wildman–Crippen MR) is 75.0 cm³/mol. The summed E-state index contributed by atoms with van der Waals surface area (Å²) in [5, 5.41) is 3.64. The molecule has 0 bridgehead atoms. The quantitative estimate of drug-likeness (QED) is 0.530. The molecule has 0 aliphatic rings. The van der Waals surface area contributed by atoms with Crippen LogP contribution in [0.1, 0.15) is 27.7 Å². The van der Waals surface area contributed by atoms with Crippen molar-refractivity contribution in [3.05, 3.63) is 0 Å². The predicted octanol–water partition coefficient (Wildman–Crippen LogP) is 0.100. The van der Waals surface area contributed by atoms with Crippen molar-refractivity contribution in [2.45, 2.75) is 46.1 Å². The summed E-state index contributed by atoms with van der Waals surface area (Å²) in [5.74, 6) is 0. The second-order valence-corrected chi connectivity index (χ2v) is 10.3. The molecule has 0 aliphatic heterocycles. The van der Waals surface area contributed by atoms with Crippen molar-refractivity contribution >= 4 is 15.9 Å². The molecule has 0 rings (SSSR count). The van der Waals surface area contributed by atoms with Gasteiger partial charge < -0.3 is 0 Å². The van der Waals surface area contributed by atoms with Gasteiger partial charge in [-0.1, -0.05) is 0 Å². The number of hydrogen-bond donors (Lipinski definition) is 1. The Morgan fingerprint density at radius 3 is 1.69 bits per heavy atom. The van der Waals surface area contributed by atoms with Crippen LogP contribution in [0.25, 0.3) is 0 Å². The molecule has 0 spiro atoms. The second-order valence-electron chi connectivity index (χ2n) is 5.49. The summed E-state index contributed by atoms with van der Waals surface area (Å²) in [6, 6.07) is 1.11. The Labute approximate surface area is 108 Å². The normalized spacial score (nSPS) is 15.6. The van der Waals surface area contributed by atoms with E-state index < -0.39 is 15.9 Å². The Hall–Kier alpha value is 0.383. The Balaban J connectivity index is 4.66. The van der Waals surface area contributed by atoms with E-state index in [1.54, 1.807) is 0 Å². The molecule has 0 radical (unpaired) electrons. The Morgan fingerprint density at radius 1 is 0.938 bits per heavy atom. The van der Waals surface area contributed by atoms with Crippen molar-refractivity contribution < 1.29 is 0 Å². The summed E-state index contributed by atoms with van der Waals surface area (Å²) in [6.45, 7) is 8.98. The molecule has 98 valence electrons. The minimum absolute atomic E-state index is 0.363. The molecule has 0 fully saturated rings. The Kier molecular flexibility index (Phi) is 7.84. The van der Waals surface area contributed by atoms with Crippen molar-refractivity contribution in [3.63, 3.8) is 0 Å². The fraction of sp³-hybridized carbons (Fsp3) is 1.00. The summed E-state index contributed by atoms with van der Waals surface area (Å²) in [6.07, 6.45) is 0.363. The number of hydrogen-bond acceptors (Lipinski definition) is 4. The third kappa shape index (κ3) is 6.20. The first-order valence-corrected chi connectivity index (χ1v) is 8.74. The van der Waals surface area contributed by atoms with E-state index in [2.05, 4.69) is 73.8 Å². The van der Waals surface area contributed by atoms with E-state index in [0.717, 1.165) is 0 Å². The molecule has 5 heteroatoms. The number of nitrogens with zero attached hydrogens (tertiary/aromatic N) is 3. The Bertz CT molecular complexity index is 163. The molecular formula is C11H30GeN4. The van der Waals surface area contributed by atoms with Crippen LogP contribution in [0.5, 0.6) is 0 Å². The molecule has 0 aromatic carbocycles. The maximum absolute atomic E-state index is 3.64. The van der Waals surface area contributed by atoms with Crippen LogP contribution in [0.4, 0.5) is 0 Å². The summed E-state index contributed by atoms with van der Waals surface area (Å²) in [7, 11) is 8.68. The van der Waals surface area contributed by atoms with Gasteiger partial charge in [-0.05, 0) is 0 Å². The average Bonchev–Trinajstić information content (AvgIpc) is 2.09. The van der Waals surface area contributed by atoms with E-state index in [0.29, 0.717) is 18.4 Å². The van der Waals surface area contributed by atoms with Crippen LogP contribution in [0.3, 0.4) is 0 Å². The molecule has 0 amide bonds. The van der Waals surface area contributed by atoms with E-state index in [1.807, 2.05) is 0 Å². The first-order valence-electron chi connectivity index (χ1n) is 6.08. The molecule has 0 aromatic rings. The van der Waals surface area contributed by atoms with Crippen LogP contribution < -0.4 is 5.32 Å². The third-order valence-corrected chi connectivity index (χ3v) is 6.53. The van der Waals surface area contributed by atoms with Gasteiger partial charge in [0.1, 0.15) is 0 Å². The van der Waals surface area contributed by atoms with Gasteiger partial charge in [0.25, 0.3) is 0 Å². The van der Waals surface area contributed by atoms with Crippen molar-refractivity contribution in [1.29, 1.82) is 0 Å². The molecule has 0 aromatic heterocycles. The SMILES string of the molecule is CC(C)NC(N(C)C)[N]([GeH2][N](C)C)C(C)C. The molecule has 0 saturated heterocycles. The molecule has 1 atom stereocenters. The average molecular weight is 291 g/mol. The summed E-state index contributed by atoms with van der Waals surface area (Å²) < 4.78 is 5.03. The third-order valence-electron chi connectivity index (χ3n) is 2.40. The molecule has 16 heavy (non-hydrogen) atoms. The van der Waals surface area contributed by atoms with Crippen molar-refractivity contribution in [2.75, 3.05) is 28.2 Å². The van der Waals surface area contributed by atoms with Gasteiger partial charge in [0.05, 0.1) is 0 Å². The van der Waals surface area contributed by atoms with Gasteiger partial charge in [-0.15, -0.1) is 0 Å². The number of rotatable bonds is 7. The molecular weight excluding hydrogens is 261 g/mol. The van der Waals surface area contributed by atoms with E-state index in [9.17, 15) is 0 Å². The van der Waals surface area contributed by atoms with Gasteiger partial charge in [0.15, 0.2) is 0 Å². The zero-order chi connectivity index (χ0) is 12.9. The van der Waals surface area contributed by atoms with Gasteiger partial charge in [-0.2, -0.15) is 0 Å². The van der Waals surface area contributed by atoms with E-state index in [4.69, 9.17) is 0 Å². The molecule has 0 saturated carbocycles. The van der Waals surface area contributed by atoms with Gasteiger partial charge in [-0.3, -0.25) is 0 Å². The fourth-order valence-electron chi connectivity index (χ4n) is 1.69. The monoisotopic (exact) mass is 292 g/mol. The van der Waals surface area contributed by atoms with Crippen molar-refractivity contribution in [3.8, 4) is 0 Å². The van der Waals surface area contributed by atoms with E-state index in [1.165, 1.54) is 0 Å². The van der Waals surface area contributed by atoms with Gasteiger partial charge in [0.2, 0.25) is 0 Å². The van der Waals surface area contributed by atoms with E-state index >= 15 is 0 Å². The zero-order valence-corrected chi connectivity index (χ0v) is 15.2. The maximum atomic E-state index is 3.64. The standard InChI is InChI=1S/C11H30GeN4/c1-9(2)13-11(14(5)6)16(10(3)4)12-15(7)8/h9-11,13H,12H2,1-8H3. The topological polar surface area (TPSA) is 21.8 Å². The van der Waals surface area contributed by atoms with Crippen molar-refractivity contribution in [2.24, 2.45) is 0 Å². The van der Waals surface area contributed by atoms with Crippen LogP contribution in [-0.4, -0.2) is 75.1 Å². The van der Waals surface area contributed by atoms with Gasteiger partial charge in [-0.25, -0.2) is 0 Å². The first kappa shape index (κ1) is 16.4. The molecule has 1 N–H and O–H groups in total. The zero-order valence-electron chi connectivity index (χ0n) is 12.3. The van der Waals surface area contributed by atoms with Crippen LogP contribution in [0, 0.1) is 0 Å². The first-order chi connectivity index (χ1) is 7.25. The van der Waals surface area contributed by atoms with Gasteiger partial charge >= 0.3 is 108 Å².